The maximum atomic E-state index is 13.3. The van der Waals surface area contributed by atoms with Crippen LogP contribution in [-0.4, -0.2) is 25.0 Å². The van der Waals surface area contributed by atoms with Gasteiger partial charge in [0.05, 0.1) is 5.02 Å². The molecule has 2 N–H and O–H groups in total. The average Bonchev–Trinajstić information content (AvgIpc) is 2.25. The van der Waals surface area contributed by atoms with Gasteiger partial charge in [-0.05, 0) is 37.7 Å². The van der Waals surface area contributed by atoms with E-state index < -0.39 is 0 Å². The first-order chi connectivity index (χ1) is 7.60. The van der Waals surface area contributed by atoms with Crippen molar-refractivity contribution in [2.24, 2.45) is 5.73 Å². The summed E-state index contributed by atoms with van der Waals surface area (Å²) in [4.78, 5) is 2.13. The Balaban J connectivity index is 2.90. The molecule has 0 spiro atoms. The lowest BCUT2D eigenvalue weighted by Crippen LogP contribution is -2.31. The van der Waals surface area contributed by atoms with Crippen molar-refractivity contribution in [3.05, 3.63) is 34.6 Å². The third kappa shape index (κ3) is 3.17. The van der Waals surface area contributed by atoms with E-state index in [9.17, 15) is 4.39 Å². The molecule has 1 atom stereocenters. The van der Waals surface area contributed by atoms with Crippen LogP contribution in [0.5, 0.6) is 0 Å². The molecule has 0 bridgehead atoms. The van der Waals surface area contributed by atoms with Crippen molar-refractivity contribution in [2.45, 2.75) is 19.4 Å². The Morgan fingerprint density at radius 3 is 2.69 bits per heavy atom. The largest absolute Gasteiger partial charge is 0.329 e. The minimum absolute atomic E-state index is 0.0479. The summed E-state index contributed by atoms with van der Waals surface area (Å²) in [7, 11) is 1.99. The van der Waals surface area contributed by atoms with Gasteiger partial charge in [-0.25, -0.2) is 4.39 Å². The summed E-state index contributed by atoms with van der Waals surface area (Å²) in [5, 5.41) is 0.151. The van der Waals surface area contributed by atoms with Crippen LogP contribution >= 0.6 is 11.6 Å². The fourth-order valence-corrected chi connectivity index (χ4v) is 1.92. The first-order valence-electron chi connectivity index (χ1n) is 5.45. The highest BCUT2D eigenvalue weighted by Gasteiger charge is 2.15. The maximum Gasteiger partial charge on any atom is 0.142 e. The third-order valence-corrected chi connectivity index (χ3v) is 2.97. The molecule has 1 unspecified atom stereocenters. The monoisotopic (exact) mass is 244 g/mol. The molecule has 16 heavy (non-hydrogen) atoms. The van der Waals surface area contributed by atoms with Crippen LogP contribution in [-0.2, 0) is 0 Å². The molecule has 0 aliphatic carbocycles. The van der Waals surface area contributed by atoms with Gasteiger partial charge in [0.15, 0.2) is 0 Å². The van der Waals surface area contributed by atoms with Crippen LogP contribution in [0.4, 0.5) is 4.39 Å². The number of nitrogens with zero attached hydrogens (tertiary/aromatic N) is 1. The van der Waals surface area contributed by atoms with Gasteiger partial charge in [-0.2, -0.15) is 0 Å². The molecule has 1 aromatic rings. The van der Waals surface area contributed by atoms with Crippen LogP contribution in [0.1, 0.15) is 24.9 Å². The first-order valence-corrected chi connectivity index (χ1v) is 5.83. The van der Waals surface area contributed by atoms with Crippen molar-refractivity contribution in [1.82, 2.24) is 4.90 Å². The number of likely N-dealkylation sites (N-methyl/N-ethyl adjacent to an activating group) is 1. The number of hydrogen-bond donors (Lipinski definition) is 1. The smallest absolute Gasteiger partial charge is 0.142 e. The zero-order valence-electron chi connectivity index (χ0n) is 9.71. The molecular formula is C12H18ClFN2. The summed E-state index contributed by atoms with van der Waals surface area (Å²) < 4.78 is 13.3. The number of halogens is 2. The molecule has 0 saturated carbocycles. The SMILES string of the molecule is CCCN(C)C(CN)c1ccc(Cl)c(F)c1. The summed E-state index contributed by atoms with van der Waals surface area (Å²) in [5.41, 5.74) is 6.60. The Morgan fingerprint density at radius 2 is 2.19 bits per heavy atom. The minimum atomic E-state index is -0.387. The van der Waals surface area contributed by atoms with Gasteiger partial charge < -0.3 is 5.73 Å². The molecule has 0 radical (unpaired) electrons. The van der Waals surface area contributed by atoms with E-state index in [-0.39, 0.29) is 16.9 Å². The van der Waals surface area contributed by atoms with E-state index in [1.165, 1.54) is 6.07 Å². The fraction of sp³-hybridized carbons (Fsp3) is 0.500. The first kappa shape index (κ1) is 13.4. The molecule has 1 aromatic carbocycles. The fourth-order valence-electron chi connectivity index (χ4n) is 1.80. The van der Waals surface area contributed by atoms with E-state index >= 15 is 0 Å². The van der Waals surface area contributed by atoms with Gasteiger partial charge >= 0.3 is 0 Å². The van der Waals surface area contributed by atoms with Crippen LogP contribution in [0.2, 0.25) is 5.02 Å². The molecule has 90 valence electrons. The molecule has 0 saturated heterocycles. The van der Waals surface area contributed by atoms with Gasteiger partial charge in [-0.3, -0.25) is 4.90 Å². The maximum absolute atomic E-state index is 13.3. The predicted octanol–water partition coefficient (Wildman–Crippen LogP) is 2.82. The predicted molar refractivity (Wildman–Crippen MR) is 66.1 cm³/mol. The van der Waals surface area contributed by atoms with E-state index in [1.807, 2.05) is 13.1 Å². The highest BCUT2D eigenvalue weighted by Crippen LogP contribution is 2.23. The summed E-state index contributed by atoms with van der Waals surface area (Å²) >= 11 is 5.65. The van der Waals surface area contributed by atoms with Crippen LogP contribution < -0.4 is 5.73 Å². The zero-order valence-corrected chi connectivity index (χ0v) is 10.5. The molecule has 0 aromatic heterocycles. The highest BCUT2D eigenvalue weighted by molar-refractivity contribution is 6.30. The lowest BCUT2D eigenvalue weighted by molar-refractivity contribution is 0.250. The molecule has 0 aliphatic rings. The Hall–Kier alpha value is -0.640. The quantitative estimate of drug-likeness (QED) is 0.863. The second-order valence-electron chi connectivity index (χ2n) is 3.91. The molecule has 2 nitrogen and oxygen atoms in total. The van der Waals surface area contributed by atoms with Gasteiger partial charge in [-0.15, -0.1) is 0 Å². The van der Waals surface area contributed by atoms with Crippen molar-refractivity contribution >= 4 is 11.6 Å². The van der Waals surface area contributed by atoms with Crippen molar-refractivity contribution in [3.8, 4) is 0 Å². The summed E-state index contributed by atoms with van der Waals surface area (Å²) in [6, 6.07) is 4.92. The van der Waals surface area contributed by atoms with Gasteiger partial charge in [0.2, 0.25) is 0 Å². The summed E-state index contributed by atoms with van der Waals surface area (Å²) in [6.45, 7) is 3.51. The normalized spacial score (nSPS) is 13.1. The van der Waals surface area contributed by atoms with Gasteiger partial charge in [0.1, 0.15) is 5.82 Å². The van der Waals surface area contributed by atoms with Crippen molar-refractivity contribution in [3.63, 3.8) is 0 Å². The second kappa shape index (κ2) is 6.18. The molecule has 0 amide bonds. The molecule has 0 aliphatic heterocycles. The molecular weight excluding hydrogens is 227 g/mol. The van der Waals surface area contributed by atoms with Crippen LogP contribution in [0.3, 0.4) is 0 Å². The summed E-state index contributed by atoms with van der Waals surface area (Å²) in [5.74, 6) is -0.387. The molecule has 0 fully saturated rings. The Kier molecular flexibility index (Phi) is 5.19. The van der Waals surface area contributed by atoms with Crippen molar-refractivity contribution in [2.75, 3.05) is 20.1 Å². The Labute approximate surface area is 101 Å². The van der Waals surface area contributed by atoms with Crippen LogP contribution in [0.15, 0.2) is 18.2 Å². The van der Waals surface area contributed by atoms with E-state index in [4.69, 9.17) is 17.3 Å². The molecule has 1 rings (SSSR count). The molecule has 0 heterocycles. The number of benzene rings is 1. The van der Waals surface area contributed by atoms with E-state index in [0.717, 1.165) is 18.5 Å². The van der Waals surface area contributed by atoms with Crippen LogP contribution in [0.25, 0.3) is 0 Å². The molecule has 4 heteroatoms. The Morgan fingerprint density at radius 1 is 1.50 bits per heavy atom. The van der Waals surface area contributed by atoms with E-state index in [1.54, 1.807) is 6.07 Å². The zero-order chi connectivity index (χ0) is 12.1. The van der Waals surface area contributed by atoms with Crippen molar-refractivity contribution < 1.29 is 4.39 Å². The van der Waals surface area contributed by atoms with E-state index in [2.05, 4.69) is 11.8 Å². The minimum Gasteiger partial charge on any atom is -0.329 e. The van der Waals surface area contributed by atoms with Crippen molar-refractivity contribution in [1.29, 1.82) is 0 Å². The summed E-state index contributed by atoms with van der Waals surface area (Å²) in [6.07, 6.45) is 1.04. The number of nitrogens with two attached hydrogens (primary N) is 1. The van der Waals surface area contributed by atoms with E-state index in [0.29, 0.717) is 6.54 Å². The average molecular weight is 245 g/mol. The highest BCUT2D eigenvalue weighted by atomic mass is 35.5. The number of hydrogen-bond acceptors (Lipinski definition) is 2. The number of rotatable bonds is 5. The lowest BCUT2D eigenvalue weighted by atomic mass is 10.1. The second-order valence-corrected chi connectivity index (χ2v) is 4.31. The standard InChI is InChI=1S/C12H18ClFN2/c1-3-6-16(2)12(8-15)9-4-5-10(13)11(14)7-9/h4-5,7,12H,3,6,8,15H2,1-2H3. The third-order valence-electron chi connectivity index (χ3n) is 2.66. The Bertz CT molecular complexity index is 344. The van der Waals surface area contributed by atoms with Crippen LogP contribution in [0, 0.1) is 5.82 Å². The van der Waals surface area contributed by atoms with Gasteiger partial charge in [-0.1, -0.05) is 24.6 Å². The lowest BCUT2D eigenvalue weighted by Gasteiger charge is -2.27. The topological polar surface area (TPSA) is 29.3 Å². The van der Waals surface area contributed by atoms with Gasteiger partial charge in [0.25, 0.3) is 0 Å². The van der Waals surface area contributed by atoms with Gasteiger partial charge in [0, 0.05) is 12.6 Å².